The number of benzene rings is 1. The van der Waals surface area contributed by atoms with E-state index in [1.807, 2.05) is 25.1 Å². The van der Waals surface area contributed by atoms with Crippen LogP contribution in [0.15, 0.2) is 18.2 Å². The summed E-state index contributed by atoms with van der Waals surface area (Å²) in [5.74, 6) is 0.614. The maximum Gasteiger partial charge on any atom is 0.255 e. The van der Waals surface area contributed by atoms with Crippen molar-refractivity contribution in [2.45, 2.75) is 39.2 Å². The second kappa shape index (κ2) is 6.48. The molecule has 0 bridgehead atoms. The minimum atomic E-state index is -0.0427. The van der Waals surface area contributed by atoms with Crippen molar-refractivity contribution < 1.29 is 9.53 Å². The van der Waals surface area contributed by atoms with Crippen molar-refractivity contribution in [1.29, 1.82) is 0 Å². The molecule has 0 aromatic heterocycles. The predicted molar refractivity (Wildman–Crippen MR) is 85.0 cm³/mol. The molecule has 1 N–H and O–H groups in total. The summed E-state index contributed by atoms with van der Waals surface area (Å²) in [6, 6.07) is 5.69. The van der Waals surface area contributed by atoms with Crippen LogP contribution in [0, 0.1) is 6.92 Å². The molecule has 1 aliphatic carbocycles. The monoisotopic (exact) mass is 290 g/mol. The molecule has 1 amide bonds. The summed E-state index contributed by atoms with van der Waals surface area (Å²) in [6.45, 7) is 9.27. The quantitative estimate of drug-likeness (QED) is 0.839. The Morgan fingerprint density at radius 3 is 2.52 bits per heavy atom. The van der Waals surface area contributed by atoms with E-state index < -0.39 is 0 Å². The molecule has 1 aliphatic rings. The van der Waals surface area contributed by atoms with Gasteiger partial charge in [0.2, 0.25) is 0 Å². The highest BCUT2D eigenvalue weighted by Crippen LogP contribution is 2.37. The van der Waals surface area contributed by atoms with E-state index in [2.05, 4.69) is 24.1 Å². The van der Waals surface area contributed by atoms with E-state index in [9.17, 15) is 4.79 Å². The van der Waals surface area contributed by atoms with Gasteiger partial charge in [-0.25, -0.2) is 0 Å². The molecule has 4 nitrogen and oxygen atoms in total. The number of hydrogen-bond acceptors (Lipinski definition) is 3. The Balaban J connectivity index is 2.08. The molecular formula is C17H26N2O2. The second-order valence-electron chi connectivity index (χ2n) is 5.90. The average molecular weight is 290 g/mol. The van der Waals surface area contributed by atoms with Crippen LogP contribution in [0.5, 0.6) is 5.75 Å². The number of amides is 1. The van der Waals surface area contributed by atoms with Gasteiger partial charge in [0.15, 0.2) is 0 Å². The Kier molecular flexibility index (Phi) is 4.88. The van der Waals surface area contributed by atoms with Crippen LogP contribution in [0.4, 0.5) is 0 Å². The third-order valence-corrected chi connectivity index (χ3v) is 4.25. The van der Waals surface area contributed by atoms with Gasteiger partial charge in [0.05, 0.1) is 18.2 Å². The Morgan fingerprint density at radius 1 is 1.33 bits per heavy atom. The lowest BCUT2D eigenvalue weighted by Crippen LogP contribution is -2.45. The SMILES string of the molecule is CCN(CC)CC1(NC(=O)c2ccc(C)cc2OC)CC1. The lowest BCUT2D eigenvalue weighted by atomic mass is 10.1. The highest BCUT2D eigenvalue weighted by Gasteiger charge is 2.45. The minimum absolute atomic E-state index is 0.0310. The highest BCUT2D eigenvalue weighted by atomic mass is 16.5. The first kappa shape index (κ1) is 15.8. The number of nitrogens with one attached hydrogen (secondary N) is 1. The molecule has 116 valence electrons. The zero-order valence-electron chi connectivity index (χ0n) is 13.5. The fourth-order valence-electron chi connectivity index (χ4n) is 2.64. The highest BCUT2D eigenvalue weighted by molar-refractivity contribution is 5.97. The Morgan fingerprint density at radius 2 is 2.00 bits per heavy atom. The molecule has 2 rings (SSSR count). The Hall–Kier alpha value is -1.55. The number of likely N-dealkylation sites (N-methyl/N-ethyl adjacent to an activating group) is 1. The lowest BCUT2D eigenvalue weighted by molar-refractivity contribution is 0.0915. The third kappa shape index (κ3) is 3.76. The van der Waals surface area contributed by atoms with Crippen LogP contribution >= 0.6 is 0 Å². The van der Waals surface area contributed by atoms with Gasteiger partial charge in [0.1, 0.15) is 5.75 Å². The van der Waals surface area contributed by atoms with E-state index in [1.165, 1.54) is 0 Å². The molecule has 0 saturated heterocycles. The summed E-state index contributed by atoms with van der Waals surface area (Å²) in [7, 11) is 1.61. The first-order valence-electron chi connectivity index (χ1n) is 7.73. The summed E-state index contributed by atoms with van der Waals surface area (Å²) in [5, 5.41) is 3.22. The maximum absolute atomic E-state index is 12.5. The number of aryl methyl sites for hydroxylation is 1. The molecule has 0 radical (unpaired) electrons. The molecule has 0 unspecified atom stereocenters. The van der Waals surface area contributed by atoms with Crippen LogP contribution < -0.4 is 10.1 Å². The standard InChI is InChI=1S/C17H26N2O2/c1-5-19(6-2)12-17(9-10-17)18-16(20)14-8-7-13(3)11-15(14)21-4/h7-8,11H,5-6,9-10,12H2,1-4H3,(H,18,20). The van der Waals surface area contributed by atoms with Crippen molar-refractivity contribution >= 4 is 5.91 Å². The lowest BCUT2D eigenvalue weighted by Gasteiger charge is -2.26. The fraction of sp³-hybridized carbons (Fsp3) is 0.588. The summed E-state index contributed by atoms with van der Waals surface area (Å²) in [5.41, 5.74) is 1.67. The van der Waals surface area contributed by atoms with Gasteiger partial charge >= 0.3 is 0 Å². The number of rotatable bonds is 7. The van der Waals surface area contributed by atoms with E-state index in [0.29, 0.717) is 11.3 Å². The third-order valence-electron chi connectivity index (χ3n) is 4.25. The van der Waals surface area contributed by atoms with Crippen LogP contribution in [-0.4, -0.2) is 43.1 Å². The van der Waals surface area contributed by atoms with Gasteiger partial charge in [0.25, 0.3) is 5.91 Å². The van der Waals surface area contributed by atoms with Crippen molar-refractivity contribution in [3.8, 4) is 5.75 Å². The molecule has 0 heterocycles. The molecule has 1 saturated carbocycles. The molecule has 1 aromatic carbocycles. The van der Waals surface area contributed by atoms with Crippen LogP contribution in [-0.2, 0) is 0 Å². The number of nitrogens with zero attached hydrogens (tertiary/aromatic N) is 1. The van der Waals surface area contributed by atoms with E-state index in [-0.39, 0.29) is 11.4 Å². The minimum Gasteiger partial charge on any atom is -0.496 e. The van der Waals surface area contributed by atoms with E-state index >= 15 is 0 Å². The van der Waals surface area contributed by atoms with E-state index in [4.69, 9.17) is 4.74 Å². The molecule has 1 aromatic rings. The molecule has 0 aliphatic heterocycles. The molecule has 4 heteroatoms. The van der Waals surface area contributed by atoms with Crippen molar-refractivity contribution in [3.05, 3.63) is 29.3 Å². The van der Waals surface area contributed by atoms with Crippen molar-refractivity contribution in [2.75, 3.05) is 26.7 Å². The Bertz CT molecular complexity index is 506. The fourth-order valence-corrected chi connectivity index (χ4v) is 2.64. The van der Waals surface area contributed by atoms with Crippen LogP contribution in [0.25, 0.3) is 0 Å². The van der Waals surface area contributed by atoms with Gasteiger partial charge in [0, 0.05) is 6.54 Å². The predicted octanol–water partition coefficient (Wildman–Crippen LogP) is 2.61. The normalized spacial score (nSPS) is 15.9. The van der Waals surface area contributed by atoms with Crippen LogP contribution in [0.2, 0.25) is 0 Å². The van der Waals surface area contributed by atoms with Gasteiger partial charge in [-0.05, 0) is 50.6 Å². The van der Waals surface area contributed by atoms with Gasteiger partial charge in [-0.1, -0.05) is 19.9 Å². The van der Waals surface area contributed by atoms with Gasteiger partial charge in [-0.15, -0.1) is 0 Å². The van der Waals surface area contributed by atoms with Crippen LogP contribution in [0.3, 0.4) is 0 Å². The number of carbonyl (C=O) groups is 1. The molecular weight excluding hydrogens is 264 g/mol. The zero-order valence-corrected chi connectivity index (χ0v) is 13.5. The smallest absolute Gasteiger partial charge is 0.255 e. The van der Waals surface area contributed by atoms with Gasteiger partial charge in [-0.3, -0.25) is 4.79 Å². The number of hydrogen-bond donors (Lipinski definition) is 1. The first-order chi connectivity index (χ1) is 10.0. The van der Waals surface area contributed by atoms with Crippen LogP contribution in [0.1, 0.15) is 42.6 Å². The van der Waals surface area contributed by atoms with Crippen molar-refractivity contribution in [1.82, 2.24) is 10.2 Å². The van der Waals surface area contributed by atoms with Gasteiger partial charge in [-0.2, -0.15) is 0 Å². The molecule has 1 fully saturated rings. The van der Waals surface area contributed by atoms with E-state index in [0.717, 1.165) is 38.0 Å². The van der Waals surface area contributed by atoms with Gasteiger partial charge < -0.3 is 15.0 Å². The zero-order chi connectivity index (χ0) is 15.5. The largest absolute Gasteiger partial charge is 0.496 e. The average Bonchev–Trinajstić information content (AvgIpc) is 3.23. The maximum atomic E-state index is 12.5. The van der Waals surface area contributed by atoms with Crippen molar-refractivity contribution in [2.24, 2.45) is 0 Å². The number of carbonyl (C=O) groups excluding carboxylic acids is 1. The first-order valence-corrected chi connectivity index (χ1v) is 7.73. The number of methoxy groups -OCH3 is 1. The summed E-state index contributed by atoms with van der Waals surface area (Å²) in [6.07, 6.45) is 2.12. The summed E-state index contributed by atoms with van der Waals surface area (Å²) in [4.78, 5) is 14.9. The van der Waals surface area contributed by atoms with Crippen molar-refractivity contribution in [3.63, 3.8) is 0 Å². The Labute approximate surface area is 127 Å². The molecule has 21 heavy (non-hydrogen) atoms. The summed E-state index contributed by atoms with van der Waals surface area (Å²) < 4.78 is 5.33. The van der Waals surface area contributed by atoms with E-state index in [1.54, 1.807) is 7.11 Å². The number of ether oxygens (including phenoxy) is 1. The molecule has 0 spiro atoms. The summed E-state index contributed by atoms with van der Waals surface area (Å²) >= 11 is 0. The molecule has 0 atom stereocenters. The topological polar surface area (TPSA) is 41.6 Å². The second-order valence-corrected chi connectivity index (χ2v) is 5.90.